The molecule has 0 radical (unpaired) electrons. The topological polar surface area (TPSA) is 68.0 Å². The molecule has 0 aliphatic rings. The van der Waals surface area contributed by atoms with E-state index in [0.29, 0.717) is 0 Å². The molecule has 1 aromatic heterocycles. The molecule has 0 bridgehead atoms. The molecule has 0 aliphatic carbocycles. The van der Waals surface area contributed by atoms with Crippen LogP contribution in [0.3, 0.4) is 0 Å². The van der Waals surface area contributed by atoms with Crippen molar-refractivity contribution in [2.75, 3.05) is 5.32 Å². The molecule has 0 unspecified atom stereocenters. The summed E-state index contributed by atoms with van der Waals surface area (Å²) in [6.07, 6.45) is 1.77. The highest BCUT2D eigenvalue weighted by Gasteiger charge is 2.08. The van der Waals surface area contributed by atoms with Crippen LogP contribution >= 0.6 is 0 Å². The number of rotatable bonds is 3. The van der Waals surface area contributed by atoms with Crippen molar-refractivity contribution in [3.8, 4) is 11.3 Å². The predicted octanol–water partition coefficient (Wildman–Crippen LogP) is 2.34. The number of hydrogen-bond donors (Lipinski definition) is 2. The van der Waals surface area contributed by atoms with Crippen LogP contribution in [-0.2, 0) is 4.79 Å². The quantitative estimate of drug-likeness (QED) is 0.884. The van der Waals surface area contributed by atoms with Crippen molar-refractivity contribution in [1.29, 1.82) is 0 Å². The van der Waals surface area contributed by atoms with Crippen LogP contribution < -0.4 is 11.1 Å². The number of benzene rings is 1. The lowest BCUT2D eigenvalue weighted by molar-refractivity contribution is -0.117. The molecule has 0 aliphatic heterocycles. The molecule has 4 nitrogen and oxygen atoms in total. The van der Waals surface area contributed by atoms with E-state index in [-0.39, 0.29) is 5.91 Å². The Balaban J connectivity index is 2.20. The van der Waals surface area contributed by atoms with Crippen molar-refractivity contribution >= 4 is 11.6 Å². The fraction of sp³-hybridized carbons (Fsp3) is 0.200. The van der Waals surface area contributed by atoms with Crippen LogP contribution in [0.1, 0.15) is 12.5 Å². The number of nitrogens with two attached hydrogens (primary N) is 1. The van der Waals surface area contributed by atoms with Crippen LogP contribution in [0.5, 0.6) is 0 Å². The molecule has 1 atom stereocenters. The molecule has 3 N–H and O–H groups in total. The van der Waals surface area contributed by atoms with Gasteiger partial charge in [-0.2, -0.15) is 0 Å². The summed E-state index contributed by atoms with van der Waals surface area (Å²) in [5, 5.41) is 2.75. The van der Waals surface area contributed by atoms with Gasteiger partial charge in [0.05, 0.1) is 11.7 Å². The number of anilines is 1. The average Bonchev–Trinajstić information content (AvgIpc) is 2.40. The molecule has 0 spiro atoms. The smallest absolute Gasteiger partial charge is 0.240 e. The van der Waals surface area contributed by atoms with E-state index in [1.54, 1.807) is 13.1 Å². The van der Waals surface area contributed by atoms with Crippen molar-refractivity contribution in [3.05, 3.63) is 48.2 Å². The van der Waals surface area contributed by atoms with Crippen LogP contribution in [0.15, 0.2) is 42.6 Å². The van der Waals surface area contributed by atoms with Gasteiger partial charge in [0.15, 0.2) is 0 Å². The molecule has 1 aromatic carbocycles. The second-order valence-electron chi connectivity index (χ2n) is 4.52. The fourth-order valence-corrected chi connectivity index (χ4v) is 1.76. The van der Waals surface area contributed by atoms with E-state index in [9.17, 15) is 4.79 Å². The van der Waals surface area contributed by atoms with Crippen molar-refractivity contribution in [2.45, 2.75) is 19.9 Å². The zero-order chi connectivity index (χ0) is 13.8. The Morgan fingerprint density at radius 2 is 1.95 bits per heavy atom. The average molecular weight is 255 g/mol. The van der Waals surface area contributed by atoms with Gasteiger partial charge in [0, 0.05) is 17.4 Å². The zero-order valence-electron chi connectivity index (χ0n) is 11.1. The number of nitrogens with zero attached hydrogens (tertiary/aromatic N) is 1. The molecule has 4 heteroatoms. The number of pyridine rings is 1. The molecule has 0 saturated heterocycles. The van der Waals surface area contributed by atoms with Gasteiger partial charge in [-0.3, -0.25) is 9.78 Å². The molecular formula is C15H17N3O. The Labute approximate surface area is 112 Å². The van der Waals surface area contributed by atoms with Gasteiger partial charge < -0.3 is 11.1 Å². The lowest BCUT2D eigenvalue weighted by Gasteiger charge is -2.09. The van der Waals surface area contributed by atoms with Crippen molar-refractivity contribution in [2.24, 2.45) is 5.73 Å². The molecule has 0 saturated carbocycles. The standard InChI is InChI=1S/C15H17N3O/c1-10-4-3-9-17-14(10)12-5-7-13(8-6-12)18-15(19)11(2)16/h3-9,11H,16H2,1-2H3,(H,18,19)/t11-/m1/s1. The van der Waals surface area contributed by atoms with E-state index in [4.69, 9.17) is 5.73 Å². The molecule has 2 rings (SSSR count). The lowest BCUT2D eigenvalue weighted by atomic mass is 10.1. The highest BCUT2D eigenvalue weighted by molar-refractivity contribution is 5.94. The summed E-state index contributed by atoms with van der Waals surface area (Å²) in [6.45, 7) is 3.68. The van der Waals surface area contributed by atoms with Gasteiger partial charge in [0.2, 0.25) is 5.91 Å². The largest absolute Gasteiger partial charge is 0.325 e. The van der Waals surface area contributed by atoms with Gasteiger partial charge in [-0.1, -0.05) is 18.2 Å². The maximum absolute atomic E-state index is 11.5. The van der Waals surface area contributed by atoms with Crippen LogP contribution in [0, 0.1) is 6.92 Å². The molecule has 0 fully saturated rings. The van der Waals surface area contributed by atoms with Gasteiger partial charge in [-0.25, -0.2) is 0 Å². The minimum Gasteiger partial charge on any atom is -0.325 e. The summed E-state index contributed by atoms with van der Waals surface area (Å²) in [5.41, 5.74) is 9.33. The van der Waals surface area contributed by atoms with Crippen LogP contribution in [-0.4, -0.2) is 16.9 Å². The van der Waals surface area contributed by atoms with E-state index in [2.05, 4.69) is 10.3 Å². The number of nitrogens with one attached hydrogen (secondary N) is 1. The number of carbonyl (C=O) groups is 1. The molecule has 1 heterocycles. The van der Waals surface area contributed by atoms with E-state index in [1.165, 1.54) is 0 Å². The van der Waals surface area contributed by atoms with Gasteiger partial charge in [0.1, 0.15) is 0 Å². The Kier molecular flexibility index (Phi) is 3.92. The summed E-state index contributed by atoms with van der Waals surface area (Å²) in [5.74, 6) is -0.193. The molecular weight excluding hydrogens is 238 g/mol. The third-order valence-corrected chi connectivity index (χ3v) is 2.85. The zero-order valence-corrected chi connectivity index (χ0v) is 11.1. The van der Waals surface area contributed by atoms with Crippen LogP contribution in [0.4, 0.5) is 5.69 Å². The second kappa shape index (κ2) is 5.63. The van der Waals surface area contributed by atoms with Crippen LogP contribution in [0.2, 0.25) is 0 Å². The summed E-state index contributed by atoms with van der Waals surface area (Å²) >= 11 is 0. The van der Waals surface area contributed by atoms with Gasteiger partial charge in [-0.05, 0) is 37.6 Å². The number of carbonyl (C=O) groups excluding carboxylic acids is 1. The number of aryl methyl sites for hydroxylation is 1. The number of hydrogen-bond acceptors (Lipinski definition) is 3. The third kappa shape index (κ3) is 3.17. The fourth-order valence-electron chi connectivity index (χ4n) is 1.76. The van der Waals surface area contributed by atoms with Crippen molar-refractivity contribution < 1.29 is 4.79 Å². The summed E-state index contributed by atoms with van der Waals surface area (Å²) in [7, 11) is 0. The van der Waals surface area contributed by atoms with E-state index in [0.717, 1.165) is 22.5 Å². The molecule has 19 heavy (non-hydrogen) atoms. The number of amides is 1. The Morgan fingerprint density at radius 1 is 1.26 bits per heavy atom. The highest BCUT2D eigenvalue weighted by Crippen LogP contribution is 2.22. The highest BCUT2D eigenvalue weighted by atomic mass is 16.2. The van der Waals surface area contributed by atoms with Crippen molar-refractivity contribution in [1.82, 2.24) is 4.98 Å². The van der Waals surface area contributed by atoms with E-state index in [1.807, 2.05) is 43.3 Å². The Morgan fingerprint density at radius 3 is 2.53 bits per heavy atom. The third-order valence-electron chi connectivity index (χ3n) is 2.85. The Bertz CT molecular complexity index is 576. The van der Waals surface area contributed by atoms with Gasteiger partial charge in [-0.15, -0.1) is 0 Å². The first kappa shape index (κ1) is 13.2. The SMILES string of the molecule is Cc1cccnc1-c1ccc(NC(=O)[C@@H](C)N)cc1. The molecule has 2 aromatic rings. The molecule has 1 amide bonds. The van der Waals surface area contributed by atoms with Gasteiger partial charge in [0.25, 0.3) is 0 Å². The predicted molar refractivity (Wildman–Crippen MR) is 76.7 cm³/mol. The first-order valence-electron chi connectivity index (χ1n) is 6.16. The summed E-state index contributed by atoms with van der Waals surface area (Å²) in [4.78, 5) is 15.8. The minimum atomic E-state index is -0.516. The summed E-state index contributed by atoms with van der Waals surface area (Å²) in [6, 6.07) is 11.0. The van der Waals surface area contributed by atoms with E-state index >= 15 is 0 Å². The van der Waals surface area contributed by atoms with E-state index < -0.39 is 6.04 Å². The monoisotopic (exact) mass is 255 g/mol. The Hall–Kier alpha value is -2.20. The second-order valence-corrected chi connectivity index (χ2v) is 4.52. The normalized spacial score (nSPS) is 11.9. The molecule has 98 valence electrons. The maximum atomic E-state index is 11.5. The van der Waals surface area contributed by atoms with Crippen molar-refractivity contribution in [3.63, 3.8) is 0 Å². The number of aromatic nitrogens is 1. The first-order chi connectivity index (χ1) is 9.08. The maximum Gasteiger partial charge on any atom is 0.240 e. The minimum absolute atomic E-state index is 0.193. The first-order valence-corrected chi connectivity index (χ1v) is 6.16. The van der Waals surface area contributed by atoms with Crippen LogP contribution in [0.25, 0.3) is 11.3 Å². The summed E-state index contributed by atoms with van der Waals surface area (Å²) < 4.78 is 0. The lowest BCUT2D eigenvalue weighted by Crippen LogP contribution is -2.32. The van der Waals surface area contributed by atoms with Gasteiger partial charge >= 0.3 is 0 Å².